The minimum absolute atomic E-state index is 0.194. The number of amides is 2. The quantitative estimate of drug-likeness (QED) is 0.679. The van der Waals surface area contributed by atoms with Crippen LogP contribution in [0.3, 0.4) is 0 Å². The molecule has 0 saturated heterocycles. The molecule has 0 aromatic heterocycles. The fourth-order valence-electron chi connectivity index (χ4n) is 1.82. The van der Waals surface area contributed by atoms with Gasteiger partial charge in [-0.05, 0) is 32.0 Å². The third kappa shape index (κ3) is 6.66. The molecule has 2 amide bonds. The van der Waals surface area contributed by atoms with Gasteiger partial charge in [-0.25, -0.2) is 0 Å². The summed E-state index contributed by atoms with van der Waals surface area (Å²) in [5, 5.41) is 5.39. The van der Waals surface area contributed by atoms with Crippen LogP contribution in [0, 0.1) is 0 Å². The van der Waals surface area contributed by atoms with Gasteiger partial charge in [-0.15, -0.1) is 0 Å². The molecule has 1 rings (SSSR count). The van der Waals surface area contributed by atoms with Crippen LogP contribution in [0.15, 0.2) is 18.2 Å². The molecule has 23 heavy (non-hydrogen) atoms. The van der Waals surface area contributed by atoms with Gasteiger partial charge in [0.1, 0.15) is 11.9 Å². The first-order valence-corrected chi connectivity index (χ1v) is 7.43. The number of rotatable bonds is 9. The van der Waals surface area contributed by atoms with Gasteiger partial charge in [-0.2, -0.15) is 0 Å². The highest BCUT2D eigenvalue weighted by molar-refractivity contribution is 5.97. The van der Waals surface area contributed by atoms with Crippen LogP contribution in [0.4, 0.5) is 11.4 Å². The van der Waals surface area contributed by atoms with E-state index in [1.807, 2.05) is 6.92 Å². The fraction of sp³-hybridized carbons (Fsp3) is 0.500. The van der Waals surface area contributed by atoms with Crippen molar-refractivity contribution in [2.45, 2.75) is 26.9 Å². The average Bonchev–Trinajstić information content (AvgIpc) is 2.51. The lowest BCUT2D eigenvalue weighted by Crippen LogP contribution is -2.29. The van der Waals surface area contributed by atoms with Crippen molar-refractivity contribution in [1.29, 1.82) is 0 Å². The van der Waals surface area contributed by atoms with Gasteiger partial charge in [0, 0.05) is 19.2 Å². The third-order valence-electron chi connectivity index (χ3n) is 2.95. The van der Waals surface area contributed by atoms with Crippen LogP contribution in [0.2, 0.25) is 0 Å². The largest absolute Gasteiger partial charge is 0.495 e. The van der Waals surface area contributed by atoms with E-state index in [1.54, 1.807) is 25.1 Å². The highest BCUT2D eigenvalue weighted by atomic mass is 16.5. The van der Waals surface area contributed by atoms with Gasteiger partial charge < -0.3 is 24.8 Å². The van der Waals surface area contributed by atoms with Gasteiger partial charge in [-0.3, -0.25) is 9.59 Å². The predicted octanol–water partition coefficient (Wildman–Crippen LogP) is 2.03. The number of hydrogen-bond acceptors (Lipinski definition) is 5. The molecule has 7 heteroatoms. The maximum Gasteiger partial charge on any atom is 0.253 e. The van der Waals surface area contributed by atoms with Gasteiger partial charge in [-0.1, -0.05) is 0 Å². The topological polar surface area (TPSA) is 85.9 Å². The van der Waals surface area contributed by atoms with E-state index in [2.05, 4.69) is 10.6 Å². The van der Waals surface area contributed by atoms with E-state index < -0.39 is 6.10 Å². The number of benzene rings is 1. The molecule has 0 radical (unpaired) electrons. The zero-order valence-electron chi connectivity index (χ0n) is 14.0. The third-order valence-corrected chi connectivity index (χ3v) is 2.95. The molecule has 1 aromatic carbocycles. The molecule has 1 atom stereocenters. The van der Waals surface area contributed by atoms with Crippen molar-refractivity contribution >= 4 is 23.2 Å². The van der Waals surface area contributed by atoms with Gasteiger partial charge >= 0.3 is 0 Å². The minimum Gasteiger partial charge on any atom is -0.495 e. The van der Waals surface area contributed by atoms with Crippen LogP contribution in [-0.4, -0.2) is 44.8 Å². The molecular weight excluding hydrogens is 300 g/mol. The Labute approximate surface area is 136 Å². The summed E-state index contributed by atoms with van der Waals surface area (Å²) in [7, 11) is 1.51. The molecule has 0 aliphatic carbocycles. The highest BCUT2D eigenvalue weighted by Gasteiger charge is 2.16. The van der Waals surface area contributed by atoms with Crippen molar-refractivity contribution in [2.75, 3.05) is 37.6 Å². The second-order valence-corrected chi connectivity index (χ2v) is 4.80. The van der Waals surface area contributed by atoms with Crippen LogP contribution >= 0.6 is 0 Å². The van der Waals surface area contributed by atoms with E-state index in [9.17, 15) is 9.59 Å². The smallest absolute Gasteiger partial charge is 0.253 e. The van der Waals surface area contributed by atoms with E-state index >= 15 is 0 Å². The van der Waals surface area contributed by atoms with Crippen LogP contribution < -0.4 is 15.4 Å². The Balaban J connectivity index is 2.69. The summed E-state index contributed by atoms with van der Waals surface area (Å²) < 4.78 is 15.8. The molecule has 1 unspecified atom stereocenters. The first kappa shape index (κ1) is 18.9. The molecule has 7 nitrogen and oxygen atoms in total. The summed E-state index contributed by atoms with van der Waals surface area (Å²) in [5.41, 5.74) is 1.03. The molecule has 128 valence electrons. The van der Waals surface area contributed by atoms with Crippen molar-refractivity contribution in [3.8, 4) is 5.75 Å². The Hall–Kier alpha value is -2.12. The Morgan fingerprint density at radius 3 is 2.57 bits per heavy atom. The van der Waals surface area contributed by atoms with Crippen LogP contribution in [-0.2, 0) is 19.1 Å². The summed E-state index contributed by atoms with van der Waals surface area (Å²) in [6, 6.07) is 4.99. The van der Waals surface area contributed by atoms with E-state index in [-0.39, 0.29) is 11.8 Å². The maximum absolute atomic E-state index is 12.2. The van der Waals surface area contributed by atoms with E-state index in [0.717, 1.165) is 0 Å². The Bertz CT molecular complexity index is 533. The number of methoxy groups -OCH3 is 1. The number of anilines is 2. The van der Waals surface area contributed by atoms with E-state index in [0.29, 0.717) is 36.9 Å². The van der Waals surface area contributed by atoms with Crippen molar-refractivity contribution in [3.63, 3.8) is 0 Å². The van der Waals surface area contributed by atoms with Crippen molar-refractivity contribution < 1.29 is 23.8 Å². The van der Waals surface area contributed by atoms with E-state index in [4.69, 9.17) is 14.2 Å². The molecule has 0 fully saturated rings. The second-order valence-electron chi connectivity index (χ2n) is 4.80. The first-order chi connectivity index (χ1) is 11.0. The predicted molar refractivity (Wildman–Crippen MR) is 87.8 cm³/mol. The number of nitrogens with one attached hydrogen (secondary N) is 2. The van der Waals surface area contributed by atoms with Crippen molar-refractivity contribution in [1.82, 2.24) is 0 Å². The van der Waals surface area contributed by atoms with Crippen LogP contribution in [0.5, 0.6) is 5.75 Å². The fourth-order valence-corrected chi connectivity index (χ4v) is 1.82. The standard InChI is InChI=1S/C16H24N2O5/c1-5-22-8-9-23-11(2)16(20)18-14-10-13(17-12(3)19)6-7-15(14)21-4/h6-7,10-11H,5,8-9H2,1-4H3,(H,17,19)(H,18,20). The molecule has 0 saturated carbocycles. The molecule has 1 aromatic rings. The SMILES string of the molecule is CCOCCOC(C)C(=O)Nc1cc(NC(C)=O)ccc1OC. The lowest BCUT2D eigenvalue weighted by Gasteiger charge is -2.16. The van der Waals surface area contributed by atoms with Gasteiger partial charge in [0.05, 0.1) is 26.0 Å². The normalized spacial score (nSPS) is 11.7. The number of carbonyl (C=O) groups excluding carboxylic acids is 2. The molecule has 0 heterocycles. The average molecular weight is 324 g/mol. The molecular formula is C16H24N2O5. The first-order valence-electron chi connectivity index (χ1n) is 7.43. The van der Waals surface area contributed by atoms with E-state index in [1.165, 1.54) is 14.0 Å². The Kier molecular flexibility index (Phi) is 8.07. The minimum atomic E-state index is -0.635. The molecule has 0 bridgehead atoms. The zero-order chi connectivity index (χ0) is 17.2. The number of carbonyl (C=O) groups is 2. The summed E-state index contributed by atoms with van der Waals surface area (Å²) >= 11 is 0. The number of ether oxygens (including phenoxy) is 3. The summed E-state index contributed by atoms with van der Waals surface area (Å²) in [5.74, 6) is -0.00573. The molecule has 0 spiro atoms. The highest BCUT2D eigenvalue weighted by Crippen LogP contribution is 2.28. The maximum atomic E-state index is 12.2. The van der Waals surface area contributed by atoms with Gasteiger partial charge in [0.25, 0.3) is 5.91 Å². The molecule has 2 N–H and O–H groups in total. The molecule has 0 aliphatic rings. The lowest BCUT2D eigenvalue weighted by molar-refractivity contribution is -0.127. The summed E-state index contributed by atoms with van der Waals surface area (Å²) in [4.78, 5) is 23.3. The Morgan fingerprint density at radius 1 is 1.22 bits per heavy atom. The van der Waals surface area contributed by atoms with Gasteiger partial charge in [0.15, 0.2) is 0 Å². The molecule has 0 aliphatic heterocycles. The second kappa shape index (κ2) is 9.81. The van der Waals surface area contributed by atoms with Crippen molar-refractivity contribution in [3.05, 3.63) is 18.2 Å². The monoisotopic (exact) mass is 324 g/mol. The van der Waals surface area contributed by atoms with Crippen LogP contribution in [0.1, 0.15) is 20.8 Å². The van der Waals surface area contributed by atoms with Crippen LogP contribution in [0.25, 0.3) is 0 Å². The summed E-state index contributed by atoms with van der Waals surface area (Å²) in [6.45, 7) is 6.35. The lowest BCUT2D eigenvalue weighted by atomic mass is 10.2. The summed E-state index contributed by atoms with van der Waals surface area (Å²) in [6.07, 6.45) is -0.635. The Morgan fingerprint density at radius 2 is 1.96 bits per heavy atom. The van der Waals surface area contributed by atoms with Crippen molar-refractivity contribution in [2.24, 2.45) is 0 Å². The van der Waals surface area contributed by atoms with Gasteiger partial charge in [0.2, 0.25) is 5.91 Å². The zero-order valence-corrected chi connectivity index (χ0v) is 14.0. The number of hydrogen-bond donors (Lipinski definition) is 2.